The summed E-state index contributed by atoms with van der Waals surface area (Å²) in [5.41, 5.74) is 2.89. The van der Waals surface area contributed by atoms with Crippen molar-refractivity contribution in [2.24, 2.45) is 4.99 Å². The Kier molecular flexibility index (Phi) is 5.07. The highest BCUT2D eigenvalue weighted by Crippen LogP contribution is 2.19. The van der Waals surface area contributed by atoms with Crippen LogP contribution in [0.1, 0.15) is 11.1 Å². The average molecular weight is 322 g/mol. The Hall–Kier alpha value is -2.58. The van der Waals surface area contributed by atoms with Gasteiger partial charge in [-0.25, -0.2) is 0 Å². The predicted octanol–water partition coefficient (Wildman–Crippen LogP) is 5.67. The molecule has 0 amide bonds. The highest BCUT2D eigenvalue weighted by Gasteiger charge is 2.01. The van der Waals surface area contributed by atoms with E-state index in [9.17, 15) is 0 Å². The summed E-state index contributed by atoms with van der Waals surface area (Å²) in [4.78, 5) is 4.45. The van der Waals surface area contributed by atoms with Crippen molar-refractivity contribution in [3.8, 4) is 5.75 Å². The van der Waals surface area contributed by atoms with Crippen molar-refractivity contribution in [1.29, 1.82) is 0 Å². The molecule has 3 aromatic rings. The molecule has 0 N–H and O–H groups in total. The fourth-order valence-corrected chi connectivity index (χ4v) is 2.31. The van der Waals surface area contributed by atoms with E-state index in [1.165, 1.54) is 0 Å². The van der Waals surface area contributed by atoms with Gasteiger partial charge in [-0.3, -0.25) is 4.99 Å². The Balaban J connectivity index is 1.68. The zero-order valence-electron chi connectivity index (χ0n) is 12.5. The van der Waals surface area contributed by atoms with Gasteiger partial charge < -0.3 is 4.74 Å². The topological polar surface area (TPSA) is 21.6 Å². The summed E-state index contributed by atoms with van der Waals surface area (Å²) in [5, 5.41) is 0.717. The van der Waals surface area contributed by atoms with Crippen LogP contribution >= 0.6 is 11.6 Å². The van der Waals surface area contributed by atoms with E-state index in [2.05, 4.69) is 4.99 Å². The Morgan fingerprint density at radius 1 is 0.870 bits per heavy atom. The maximum atomic E-state index is 6.14. The lowest BCUT2D eigenvalue weighted by molar-refractivity contribution is 0.306. The Bertz CT molecular complexity index is 800. The predicted molar refractivity (Wildman–Crippen MR) is 95.9 cm³/mol. The van der Waals surface area contributed by atoms with Crippen LogP contribution in [0.3, 0.4) is 0 Å². The van der Waals surface area contributed by atoms with Gasteiger partial charge in [0.2, 0.25) is 0 Å². The van der Waals surface area contributed by atoms with E-state index in [-0.39, 0.29) is 0 Å². The number of nitrogens with zero attached hydrogens (tertiary/aromatic N) is 1. The molecule has 0 aliphatic heterocycles. The van der Waals surface area contributed by atoms with Gasteiger partial charge in [-0.1, -0.05) is 60.1 Å². The van der Waals surface area contributed by atoms with Gasteiger partial charge in [-0.2, -0.15) is 0 Å². The highest BCUT2D eigenvalue weighted by atomic mass is 35.5. The molecule has 0 atom stereocenters. The van der Waals surface area contributed by atoms with Crippen molar-refractivity contribution in [2.75, 3.05) is 0 Å². The smallest absolute Gasteiger partial charge is 0.120 e. The highest BCUT2D eigenvalue weighted by molar-refractivity contribution is 6.31. The summed E-state index contributed by atoms with van der Waals surface area (Å²) in [6.07, 6.45) is 1.83. The van der Waals surface area contributed by atoms with Crippen molar-refractivity contribution < 1.29 is 4.74 Å². The van der Waals surface area contributed by atoms with Crippen LogP contribution in [0.15, 0.2) is 83.9 Å². The molecule has 2 nitrogen and oxygen atoms in total. The molecular formula is C20H16ClNO. The van der Waals surface area contributed by atoms with Gasteiger partial charge in [-0.15, -0.1) is 0 Å². The monoisotopic (exact) mass is 321 g/mol. The second-order valence-corrected chi connectivity index (χ2v) is 5.45. The van der Waals surface area contributed by atoms with E-state index in [1.807, 2.05) is 85.1 Å². The molecule has 3 heteroatoms. The summed E-state index contributed by atoms with van der Waals surface area (Å²) in [6, 6.07) is 25.4. The maximum absolute atomic E-state index is 6.14. The normalized spacial score (nSPS) is 10.8. The van der Waals surface area contributed by atoms with E-state index in [0.29, 0.717) is 11.6 Å². The number of hydrogen-bond acceptors (Lipinski definition) is 2. The van der Waals surface area contributed by atoms with E-state index >= 15 is 0 Å². The molecule has 0 heterocycles. The second-order valence-electron chi connectivity index (χ2n) is 5.05. The third-order valence-electron chi connectivity index (χ3n) is 3.33. The SMILES string of the molecule is Clc1ccccc1COc1cccc(C=Nc2ccccc2)c1. The lowest BCUT2D eigenvalue weighted by atomic mass is 10.2. The van der Waals surface area contributed by atoms with Crippen LogP contribution in [0.25, 0.3) is 0 Å². The lowest BCUT2D eigenvalue weighted by Gasteiger charge is -2.08. The summed E-state index contributed by atoms with van der Waals surface area (Å²) in [5.74, 6) is 0.793. The molecule has 0 aliphatic carbocycles. The van der Waals surface area contributed by atoms with E-state index in [1.54, 1.807) is 0 Å². The minimum Gasteiger partial charge on any atom is -0.489 e. The maximum Gasteiger partial charge on any atom is 0.120 e. The molecule has 0 saturated heterocycles. The molecule has 0 saturated carbocycles. The third kappa shape index (κ3) is 4.44. The largest absolute Gasteiger partial charge is 0.489 e. The Morgan fingerprint density at radius 3 is 2.48 bits per heavy atom. The second kappa shape index (κ2) is 7.61. The van der Waals surface area contributed by atoms with Crippen LogP contribution < -0.4 is 4.74 Å². The van der Waals surface area contributed by atoms with Crippen molar-refractivity contribution in [3.63, 3.8) is 0 Å². The molecule has 114 valence electrons. The number of halogens is 1. The van der Waals surface area contributed by atoms with Crippen molar-refractivity contribution in [1.82, 2.24) is 0 Å². The van der Waals surface area contributed by atoms with Gasteiger partial charge >= 0.3 is 0 Å². The zero-order valence-corrected chi connectivity index (χ0v) is 13.3. The number of para-hydroxylation sites is 1. The van der Waals surface area contributed by atoms with Gasteiger partial charge in [0.25, 0.3) is 0 Å². The van der Waals surface area contributed by atoms with Crippen LogP contribution in [-0.2, 0) is 6.61 Å². The van der Waals surface area contributed by atoms with Crippen LogP contribution in [0, 0.1) is 0 Å². The molecule has 0 aromatic heterocycles. The molecule has 23 heavy (non-hydrogen) atoms. The third-order valence-corrected chi connectivity index (χ3v) is 3.70. The van der Waals surface area contributed by atoms with Gasteiger partial charge in [0, 0.05) is 16.8 Å². The summed E-state index contributed by atoms with van der Waals surface area (Å²) >= 11 is 6.14. The minimum atomic E-state index is 0.443. The Morgan fingerprint density at radius 2 is 1.65 bits per heavy atom. The molecule has 3 aromatic carbocycles. The van der Waals surface area contributed by atoms with Crippen LogP contribution in [0.4, 0.5) is 5.69 Å². The van der Waals surface area contributed by atoms with Gasteiger partial charge in [0.1, 0.15) is 12.4 Å². The number of benzene rings is 3. The summed E-state index contributed by atoms with van der Waals surface area (Å²) < 4.78 is 5.82. The summed E-state index contributed by atoms with van der Waals surface area (Å²) in [7, 11) is 0. The van der Waals surface area contributed by atoms with Crippen LogP contribution in [0.5, 0.6) is 5.75 Å². The molecule has 0 radical (unpaired) electrons. The van der Waals surface area contributed by atoms with Gasteiger partial charge in [-0.05, 0) is 35.9 Å². The zero-order chi connectivity index (χ0) is 15.9. The van der Waals surface area contributed by atoms with E-state index < -0.39 is 0 Å². The van der Waals surface area contributed by atoms with Crippen molar-refractivity contribution in [2.45, 2.75) is 6.61 Å². The van der Waals surface area contributed by atoms with Crippen LogP contribution in [-0.4, -0.2) is 6.21 Å². The average Bonchev–Trinajstić information content (AvgIpc) is 2.61. The molecule has 0 bridgehead atoms. The quantitative estimate of drug-likeness (QED) is 0.555. The number of aliphatic imine (C=N–C) groups is 1. The molecule has 0 fully saturated rings. The number of rotatable bonds is 5. The first kappa shape index (κ1) is 15.3. The fraction of sp³-hybridized carbons (Fsp3) is 0.0500. The van der Waals surface area contributed by atoms with E-state index in [4.69, 9.17) is 16.3 Å². The molecular weight excluding hydrogens is 306 g/mol. The number of ether oxygens (including phenoxy) is 1. The minimum absolute atomic E-state index is 0.443. The first-order valence-electron chi connectivity index (χ1n) is 7.37. The molecule has 0 spiro atoms. The van der Waals surface area contributed by atoms with Crippen molar-refractivity contribution in [3.05, 3.63) is 95.0 Å². The molecule has 0 unspecified atom stereocenters. The first-order chi connectivity index (χ1) is 11.3. The van der Waals surface area contributed by atoms with Gasteiger partial charge in [0.15, 0.2) is 0 Å². The standard InChI is InChI=1S/C20H16ClNO/c21-20-12-5-4-8-17(20)15-23-19-11-6-7-16(13-19)14-22-18-9-2-1-3-10-18/h1-14H,15H2. The first-order valence-corrected chi connectivity index (χ1v) is 7.74. The molecule has 3 rings (SSSR count). The van der Waals surface area contributed by atoms with Crippen molar-refractivity contribution >= 4 is 23.5 Å². The van der Waals surface area contributed by atoms with E-state index in [0.717, 1.165) is 22.6 Å². The molecule has 0 aliphatic rings. The van der Waals surface area contributed by atoms with Crippen LogP contribution in [0.2, 0.25) is 5.02 Å². The fourth-order valence-electron chi connectivity index (χ4n) is 2.12. The lowest BCUT2D eigenvalue weighted by Crippen LogP contribution is -1.96. The summed E-state index contributed by atoms with van der Waals surface area (Å²) in [6.45, 7) is 0.443. The van der Waals surface area contributed by atoms with Gasteiger partial charge in [0.05, 0.1) is 5.69 Å². The number of hydrogen-bond donors (Lipinski definition) is 0. The Labute approximate surface area is 141 Å².